The molecule has 0 aliphatic carbocycles. The molecule has 0 unspecified atom stereocenters. The van der Waals surface area contributed by atoms with Crippen LogP contribution in [0.4, 0.5) is 4.39 Å². The number of nitrogens with one attached hydrogen (secondary N) is 1. The average molecular weight is 414 g/mol. The molecule has 1 heterocycles. The lowest BCUT2D eigenvalue weighted by Gasteiger charge is -2.18. The van der Waals surface area contributed by atoms with Crippen molar-refractivity contribution < 1.29 is 13.9 Å². The molecular weight excluding hydrogens is 391 g/mol. The molecule has 1 N–H and O–H groups in total. The zero-order valence-electron chi connectivity index (χ0n) is 17.4. The zero-order chi connectivity index (χ0) is 21.8. The molecule has 31 heavy (non-hydrogen) atoms. The monoisotopic (exact) mass is 414 g/mol. The number of carbonyl (C=O) groups excluding carboxylic acids is 1. The number of para-hydroxylation sites is 1. The molecule has 5 heteroatoms. The first-order chi connectivity index (χ1) is 15.1. The molecule has 0 bridgehead atoms. The molecule has 0 aliphatic rings. The first kappa shape index (κ1) is 20.5. The van der Waals surface area contributed by atoms with E-state index in [1.54, 1.807) is 26.4 Å². The van der Waals surface area contributed by atoms with Gasteiger partial charge in [0.2, 0.25) is 5.91 Å². The number of likely N-dealkylation sites (N-methyl/N-ethyl adjacent to an activating group) is 1. The molecule has 0 saturated heterocycles. The second kappa shape index (κ2) is 8.96. The first-order valence-corrected chi connectivity index (χ1v) is 10.1. The van der Waals surface area contributed by atoms with E-state index in [0.29, 0.717) is 6.42 Å². The highest BCUT2D eigenvalue weighted by atomic mass is 19.1. The van der Waals surface area contributed by atoms with Crippen molar-refractivity contribution in [3.8, 4) is 16.9 Å². The van der Waals surface area contributed by atoms with E-state index in [-0.39, 0.29) is 17.6 Å². The number of ether oxygens (including phenoxy) is 1. The van der Waals surface area contributed by atoms with Gasteiger partial charge in [-0.15, -0.1) is 0 Å². The number of benzene rings is 3. The number of methoxy groups -OCH3 is 1. The van der Waals surface area contributed by atoms with Crippen molar-refractivity contribution in [2.75, 3.05) is 14.2 Å². The van der Waals surface area contributed by atoms with Gasteiger partial charge in [-0.05, 0) is 59.0 Å². The third kappa shape index (κ3) is 4.26. The van der Waals surface area contributed by atoms with Crippen molar-refractivity contribution >= 4 is 16.8 Å². The largest absolute Gasteiger partial charge is 0.496 e. The van der Waals surface area contributed by atoms with Crippen molar-refractivity contribution in [3.63, 3.8) is 0 Å². The minimum Gasteiger partial charge on any atom is -0.496 e. The van der Waals surface area contributed by atoms with Crippen molar-refractivity contribution in [3.05, 3.63) is 95.9 Å². The summed E-state index contributed by atoms with van der Waals surface area (Å²) in [5.41, 5.74) is 4.45. The van der Waals surface area contributed by atoms with Crippen LogP contribution in [0, 0.1) is 5.82 Å². The highest BCUT2D eigenvalue weighted by Gasteiger charge is 2.22. The Bertz CT molecular complexity index is 1220. The molecule has 0 radical (unpaired) electrons. The Labute approximate surface area is 180 Å². The predicted molar refractivity (Wildman–Crippen MR) is 121 cm³/mol. The molecule has 4 rings (SSSR count). The van der Waals surface area contributed by atoms with E-state index in [2.05, 4.69) is 10.3 Å². The third-order valence-electron chi connectivity index (χ3n) is 5.51. The van der Waals surface area contributed by atoms with Crippen LogP contribution in [-0.2, 0) is 11.2 Å². The summed E-state index contributed by atoms with van der Waals surface area (Å²) in [6.45, 7) is 0. The normalized spacial score (nSPS) is 11.8. The number of carbonyl (C=O) groups is 1. The number of hydrogen-bond donors (Lipinski definition) is 1. The van der Waals surface area contributed by atoms with Crippen LogP contribution in [0.5, 0.6) is 5.75 Å². The van der Waals surface area contributed by atoms with Crippen LogP contribution in [0.2, 0.25) is 0 Å². The fraction of sp³-hybridized carbons (Fsp3) is 0.154. The van der Waals surface area contributed by atoms with E-state index < -0.39 is 0 Å². The van der Waals surface area contributed by atoms with Crippen LogP contribution < -0.4 is 10.1 Å². The zero-order valence-corrected chi connectivity index (χ0v) is 17.4. The van der Waals surface area contributed by atoms with Gasteiger partial charge in [0.15, 0.2) is 0 Å². The Morgan fingerprint density at radius 1 is 1.06 bits per heavy atom. The summed E-state index contributed by atoms with van der Waals surface area (Å²) in [5, 5.41) is 3.52. The molecule has 0 spiro atoms. The van der Waals surface area contributed by atoms with Crippen molar-refractivity contribution in [1.29, 1.82) is 0 Å². The van der Waals surface area contributed by atoms with Gasteiger partial charge in [0.25, 0.3) is 0 Å². The van der Waals surface area contributed by atoms with Gasteiger partial charge in [-0.25, -0.2) is 4.39 Å². The van der Waals surface area contributed by atoms with Gasteiger partial charge in [0, 0.05) is 18.6 Å². The SMILES string of the molecule is CNC(=O)[C@H](Cc1ccccc1OC)c1ccc(-c2ccnc3ccc(F)cc23)cc1. The number of pyridine rings is 1. The number of rotatable bonds is 6. The van der Waals surface area contributed by atoms with Gasteiger partial charge < -0.3 is 10.1 Å². The molecule has 0 saturated carbocycles. The van der Waals surface area contributed by atoms with Crippen LogP contribution in [0.3, 0.4) is 0 Å². The van der Waals surface area contributed by atoms with Gasteiger partial charge in [0.1, 0.15) is 11.6 Å². The fourth-order valence-corrected chi connectivity index (χ4v) is 3.89. The van der Waals surface area contributed by atoms with Crippen LogP contribution in [0.25, 0.3) is 22.0 Å². The van der Waals surface area contributed by atoms with Gasteiger partial charge in [-0.1, -0.05) is 42.5 Å². The summed E-state index contributed by atoms with van der Waals surface area (Å²) in [6.07, 6.45) is 2.24. The summed E-state index contributed by atoms with van der Waals surface area (Å²) >= 11 is 0. The summed E-state index contributed by atoms with van der Waals surface area (Å²) in [6, 6.07) is 22.0. The number of fused-ring (bicyclic) bond motifs is 1. The van der Waals surface area contributed by atoms with Gasteiger partial charge in [-0.3, -0.25) is 9.78 Å². The molecule has 4 aromatic rings. The maximum Gasteiger partial charge on any atom is 0.227 e. The molecule has 0 aliphatic heterocycles. The smallest absolute Gasteiger partial charge is 0.227 e. The van der Waals surface area contributed by atoms with Crippen LogP contribution in [0.15, 0.2) is 79.0 Å². The highest BCUT2D eigenvalue weighted by Crippen LogP contribution is 2.31. The highest BCUT2D eigenvalue weighted by molar-refractivity contribution is 5.94. The lowest BCUT2D eigenvalue weighted by molar-refractivity contribution is -0.122. The first-order valence-electron chi connectivity index (χ1n) is 10.1. The van der Waals surface area contributed by atoms with Crippen molar-refractivity contribution in [2.24, 2.45) is 0 Å². The standard InChI is InChI=1S/C26H23FN2O2/c1-28-26(30)22(15-19-5-3-4-6-25(19)31-2)18-9-7-17(8-10-18)21-13-14-29-24-12-11-20(27)16-23(21)24/h3-14,16,22H,15H2,1-2H3,(H,28,30)/t22-/m1/s1. The van der Waals surface area contributed by atoms with Gasteiger partial charge >= 0.3 is 0 Å². The van der Waals surface area contributed by atoms with Crippen LogP contribution >= 0.6 is 0 Å². The number of aromatic nitrogens is 1. The number of nitrogens with zero attached hydrogens (tertiary/aromatic N) is 1. The molecular formula is C26H23FN2O2. The fourth-order valence-electron chi connectivity index (χ4n) is 3.89. The summed E-state index contributed by atoms with van der Waals surface area (Å²) in [4.78, 5) is 17.0. The quantitative estimate of drug-likeness (QED) is 0.476. The Morgan fingerprint density at radius 3 is 2.58 bits per heavy atom. The van der Waals surface area contributed by atoms with Crippen LogP contribution in [-0.4, -0.2) is 25.0 Å². The number of halogens is 1. The second-order valence-electron chi connectivity index (χ2n) is 7.32. The average Bonchev–Trinajstić information content (AvgIpc) is 2.82. The van der Waals surface area contributed by atoms with Crippen molar-refractivity contribution in [2.45, 2.75) is 12.3 Å². The Hall–Kier alpha value is -3.73. The molecule has 3 aromatic carbocycles. The van der Waals surface area contributed by atoms with E-state index in [1.165, 1.54) is 12.1 Å². The van der Waals surface area contributed by atoms with Gasteiger partial charge in [-0.2, -0.15) is 0 Å². The van der Waals surface area contributed by atoms with E-state index in [4.69, 9.17) is 4.74 Å². The lowest BCUT2D eigenvalue weighted by Crippen LogP contribution is -2.27. The molecule has 1 aromatic heterocycles. The second-order valence-corrected chi connectivity index (χ2v) is 7.32. The van der Waals surface area contributed by atoms with E-state index in [0.717, 1.165) is 38.9 Å². The molecule has 156 valence electrons. The molecule has 0 fully saturated rings. The lowest BCUT2D eigenvalue weighted by atomic mass is 9.89. The topological polar surface area (TPSA) is 51.2 Å². The third-order valence-corrected chi connectivity index (χ3v) is 5.51. The minimum absolute atomic E-state index is 0.0601. The number of hydrogen-bond acceptors (Lipinski definition) is 3. The van der Waals surface area contributed by atoms with E-state index in [1.807, 2.05) is 54.6 Å². The summed E-state index contributed by atoms with van der Waals surface area (Å²) in [5.74, 6) is 0.0465. The molecule has 4 nitrogen and oxygen atoms in total. The Balaban J connectivity index is 1.70. The van der Waals surface area contributed by atoms with Crippen LogP contribution in [0.1, 0.15) is 17.0 Å². The maximum absolute atomic E-state index is 13.8. The molecule has 1 atom stereocenters. The predicted octanol–water partition coefficient (Wildman–Crippen LogP) is 5.12. The summed E-state index contributed by atoms with van der Waals surface area (Å²) < 4.78 is 19.3. The number of amides is 1. The van der Waals surface area contributed by atoms with E-state index in [9.17, 15) is 9.18 Å². The minimum atomic E-state index is -0.359. The van der Waals surface area contributed by atoms with Crippen molar-refractivity contribution in [1.82, 2.24) is 10.3 Å². The molecule has 1 amide bonds. The maximum atomic E-state index is 13.8. The van der Waals surface area contributed by atoms with Gasteiger partial charge in [0.05, 0.1) is 18.5 Å². The van der Waals surface area contributed by atoms with E-state index >= 15 is 0 Å². The summed E-state index contributed by atoms with van der Waals surface area (Å²) in [7, 11) is 3.27. The Morgan fingerprint density at radius 2 is 1.84 bits per heavy atom. The Kier molecular flexibility index (Phi) is 5.94.